The van der Waals surface area contributed by atoms with Gasteiger partial charge < -0.3 is 9.50 Å². The number of hydrogen-bond acceptors (Lipinski definition) is 4. The third kappa shape index (κ3) is 2.61. The summed E-state index contributed by atoms with van der Waals surface area (Å²) >= 11 is 0. The molecule has 1 aliphatic heterocycles. The summed E-state index contributed by atoms with van der Waals surface area (Å²) in [4.78, 5) is 0. The third-order valence-corrected chi connectivity index (χ3v) is 5.36. The van der Waals surface area contributed by atoms with Gasteiger partial charge >= 0.3 is 10.1 Å². The highest BCUT2D eigenvalue weighted by molar-refractivity contribution is 7.87. The molecule has 2 aromatic rings. The van der Waals surface area contributed by atoms with Gasteiger partial charge in [-0.05, 0) is 31.5 Å². The third-order valence-electron chi connectivity index (χ3n) is 3.77. The SMILES string of the molecule is Cc1ccc(C2Nc3ccccc3OS(=O)(=O)C2C)cc1. The van der Waals surface area contributed by atoms with Crippen LogP contribution in [0.4, 0.5) is 5.69 Å². The van der Waals surface area contributed by atoms with E-state index in [0.717, 1.165) is 11.1 Å². The van der Waals surface area contributed by atoms with Crippen LogP contribution in [0.2, 0.25) is 0 Å². The van der Waals surface area contributed by atoms with Crippen LogP contribution in [0.15, 0.2) is 48.5 Å². The smallest absolute Gasteiger partial charge is 0.314 e. The second-order valence-corrected chi connectivity index (χ2v) is 7.21. The van der Waals surface area contributed by atoms with Crippen LogP contribution in [0.5, 0.6) is 5.75 Å². The lowest BCUT2D eigenvalue weighted by Crippen LogP contribution is -2.30. The average Bonchev–Trinajstić information content (AvgIpc) is 2.55. The van der Waals surface area contributed by atoms with Crippen molar-refractivity contribution in [1.29, 1.82) is 0 Å². The Kier molecular flexibility index (Phi) is 3.37. The number of aryl methyl sites for hydroxylation is 1. The molecule has 4 nitrogen and oxygen atoms in total. The van der Waals surface area contributed by atoms with Crippen molar-refractivity contribution in [2.45, 2.75) is 25.1 Å². The highest BCUT2D eigenvalue weighted by atomic mass is 32.2. The van der Waals surface area contributed by atoms with Crippen LogP contribution < -0.4 is 9.50 Å². The molecule has 2 aromatic carbocycles. The first-order valence-corrected chi connectivity index (χ1v) is 8.30. The van der Waals surface area contributed by atoms with Crippen LogP contribution >= 0.6 is 0 Å². The fraction of sp³-hybridized carbons (Fsp3) is 0.250. The second kappa shape index (κ2) is 5.07. The number of benzene rings is 2. The topological polar surface area (TPSA) is 55.4 Å². The molecule has 110 valence electrons. The van der Waals surface area contributed by atoms with Crippen molar-refractivity contribution in [2.24, 2.45) is 0 Å². The first kappa shape index (κ1) is 13.9. The largest absolute Gasteiger partial charge is 0.380 e. The zero-order valence-electron chi connectivity index (χ0n) is 11.9. The van der Waals surface area contributed by atoms with Crippen LogP contribution in [-0.4, -0.2) is 13.7 Å². The molecule has 0 saturated heterocycles. The lowest BCUT2D eigenvalue weighted by Gasteiger charge is -2.22. The van der Waals surface area contributed by atoms with E-state index < -0.39 is 15.4 Å². The van der Waals surface area contributed by atoms with Gasteiger partial charge in [-0.3, -0.25) is 0 Å². The molecule has 2 unspecified atom stereocenters. The van der Waals surface area contributed by atoms with Crippen molar-refractivity contribution < 1.29 is 12.6 Å². The molecule has 0 saturated carbocycles. The minimum absolute atomic E-state index is 0.346. The molecule has 0 amide bonds. The van der Waals surface area contributed by atoms with Crippen molar-refractivity contribution in [3.05, 3.63) is 59.7 Å². The van der Waals surface area contributed by atoms with Crippen LogP contribution in [-0.2, 0) is 10.1 Å². The summed E-state index contributed by atoms with van der Waals surface area (Å²) in [7, 11) is -3.68. The number of hydrogen-bond donors (Lipinski definition) is 1. The Balaban J connectivity index is 2.09. The van der Waals surface area contributed by atoms with Gasteiger partial charge in [-0.25, -0.2) is 0 Å². The molecule has 3 rings (SSSR count). The van der Waals surface area contributed by atoms with Crippen molar-refractivity contribution in [2.75, 3.05) is 5.32 Å². The van der Waals surface area contributed by atoms with Gasteiger partial charge in [0.2, 0.25) is 0 Å². The van der Waals surface area contributed by atoms with E-state index in [4.69, 9.17) is 4.18 Å². The van der Waals surface area contributed by atoms with Gasteiger partial charge in [-0.15, -0.1) is 0 Å². The van der Waals surface area contributed by atoms with Gasteiger partial charge in [0.1, 0.15) is 5.25 Å². The minimum Gasteiger partial charge on any atom is -0.380 e. The average molecular weight is 303 g/mol. The predicted molar refractivity (Wildman–Crippen MR) is 83.0 cm³/mol. The molecular formula is C16H17NO3S. The molecule has 1 N–H and O–H groups in total. The molecule has 0 bridgehead atoms. The summed E-state index contributed by atoms with van der Waals surface area (Å²) < 4.78 is 29.9. The van der Waals surface area contributed by atoms with Crippen LogP contribution in [0.1, 0.15) is 24.1 Å². The van der Waals surface area contributed by atoms with E-state index in [1.807, 2.05) is 43.3 Å². The van der Waals surface area contributed by atoms with E-state index in [9.17, 15) is 8.42 Å². The Morgan fingerprint density at radius 1 is 1.05 bits per heavy atom. The highest BCUT2D eigenvalue weighted by Gasteiger charge is 2.36. The maximum absolute atomic E-state index is 12.4. The second-order valence-electron chi connectivity index (χ2n) is 5.31. The van der Waals surface area contributed by atoms with Crippen molar-refractivity contribution in [3.63, 3.8) is 0 Å². The van der Waals surface area contributed by atoms with E-state index in [1.165, 1.54) is 0 Å². The molecule has 0 aliphatic carbocycles. The summed E-state index contributed by atoms with van der Waals surface area (Å²) in [5.74, 6) is 0.346. The summed E-state index contributed by atoms with van der Waals surface area (Å²) in [5.41, 5.74) is 2.76. The zero-order valence-corrected chi connectivity index (χ0v) is 12.7. The normalized spacial score (nSPS) is 23.3. The van der Waals surface area contributed by atoms with Crippen LogP contribution in [0.25, 0.3) is 0 Å². The van der Waals surface area contributed by atoms with Crippen molar-refractivity contribution >= 4 is 15.8 Å². The summed E-state index contributed by atoms with van der Waals surface area (Å²) in [5, 5.41) is 2.61. The van der Waals surface area contributed by atoms with E-state index in [1.54, 1.807) is 19.1 Å². The molecule has 0 radical (unpaired) electrons. The Morgan fingerprint density at radius 3 is 2.43 bits per heavy atom. The van der Waals surface area contributed by atoms with Crippen LogP contribution in [0, 0.1) is 6.92 Å². The molecule has 0 fully saturated rings. The molecule has 0 spiro atoms. The summed E-state index contributed by atoms with van der Waals surface area (Å²) in [6, 6.07) is 14.6. The maximum atomic E-state index is 12.4. The number of nitrogens with one attached hydrogen (secondary N) is 1. The van der Waals surface area contributed by atoms with E-state index >= 15 is 0 Å². The number of para-hydroxylation sites is 2. The number of fused-ring (bicyclic) bond motifs is 1. The van der Waals surface area contributed by atoms with Gasteiger partial charge in [0.05, 0.1) is 11.7 Å². The maximum Gasteiger partial charge on any atom is 0.314 e. The van der Waals surface area contributed by atoms with Crippen LogP contribution in [0.3, 0.4) is 0 Å². The molecule has 5 heteroatoms. The first-order valence-electron chi connectivity index (χ1n) is 6.83. The van der Waals surface area contributed by atoms with Gasteiger partial charge in [0.15, 0.2) is 5.75 Å². The first-order chi connectivity index (χ1) is 9.97. The summed E-state index contributed by atoms with van der Waals surface area (Å²) in [6.07, 6.45) is 0. The number of rotatable bonds is 1. The van der Waals surface area contributed by atoms with Gasteiger partial charge in [-0.1, -0.05) is 42.0 Å². The predicted octanol–water partition coefficient (Wildman–Crippen LogP) is 3.26. The Hall–Kier alpha value is -2.01. The van der Waals surface area contributed by atoms with E-state index in [0.29, 0.717) is 11.4 Å². The van der Waals surface area contributed by atoms with E-state index in [2.05, 4.69) is 5.32 Å². The number of anilines is 1. The standard InChI is InChI=1S/C16H17NO3S/c1-11-7-9-13(10-8-11)16-12(2)21(18,19)20-15-6-4-3-5-14(15)17-16/h3-10,12,16-17H,1-2H3. The lowest BCUT2D eigenvalue weighted by molar-refractivity contribution is 0.474. The van der Waals surface area contributed by atoms with Crippen molar-refractivity contribution in [1.82, 2.24) is 0 Å². The molecule has 2 atom stereocenters. The Labute approximate surface area is 124 Å². The summed E-state index contributed by atoms with van der Waals surface area (Å²) in [6.45, 7) is 3.67. The minimum atomic E-state index is -3.68. The van der Waals surface area contributed by atoms with Gasteiger partial charge in [-0.2, -0.15) is 8.42 Å². The molecule has 1 aliphatic rings. The van der Waals surface area contributed by atoms with Gasteiger partial charge in [0, 0.05) is 0 Å². The Morgan fingerprint density at radius 2 is 1.71 bits per heavy atom. The lowest BCUT2D eigenvalue weighted by atomic mass is 10.0. The molecule has 21 heavy (non-hydrogen) atoms. The molecule has 1 heterocycles. The monoisotopic (exact) mass is 303 g/mol. The molecular weight excluding hydrogens is 286 g/mol. The Bertz CT molecular complexity index is 753. The fourth-order valence-corrected chi connectivity index (χ4v) is 3.55. The zero-order chi connectivity index (χ0) is 15.0. The highest BCUT2D eigenvalue weighted by Crippen LogP contribution is 2.37. The fourth-order valence-electron chi connectivity index (χ4n) is 2.44. The quantitative estimate of drug-likeness (QED) is 0.822. The van der Waals surface area contributed by atoms with Crippen molar-refractivity contribution in [3.8, 4) is 5.75 Å². The van der Waals surface area contributed by atoms with E-state index in [-0.39, 0.29) is 6.04 Å². The van der Waals surface area contributed by atoms with Gasteiger partial charge in [0.25, 0.3) is 0 Å². The molecule has 0 aromatic heterocycles.